The highest BCUT2D eigenvalue weighted by atomic mass is 16.3. The Kier molecular flexibility index (Phi) is 3.84. The second-order valence-electron chi connectivity index (χ2n) is 5.98. The molecule has 1 rings (SSSR count). The Bertz CT molecular complexity index is 266. The zero-order chi connectivity index (χ0) is 12.4. The van der Waals surface area contributed by atoms with Gasteiger partial charge < -0.3 is 15.7 Å². The van der Waals surface area contributed by atoms with E-state index < -0.39 is 5.60 Å². The number of aliphatic hydroxyl groups is 1. The summed E-state index contributed by atoms with van der Waals surface area (Å²) in [6.45, 7) is 9.68. The molecule has 0 spiro atoms. The first-order valence-corrected chi connectivity index (χ1v) is 6.02. The number of aliphatic imine (C=N–C) groups is 1. The van der Waals surface area contributed by atoms with Gasteiger partial charge in [-0.25, -0.2) is 4.99 Å². The van der Waals surface area contributed by atoms with Crippen LogP contribution in [-0.4, -0.2) is 40.2 Å². The fourth-order valence-electron chi connectivity index (χ4n) is 1.91. The number of rotatable bonds is 0. The molecular formula is C12H25N3O. The van der Waals surface area contributed by atoms with Crippen LogP contribution in [0.5, 0.6) is 0 Å². The molecule has 0 aromatic carbocycles. The lowest BCUT2D eigenvalue weighted by Crippen LogP contribution is -2.40. The average molecular weight is 227 g/mol. The molecule has 4 heteroatoms. The molecule has 1 saturated heterocycles. The SMILES string of the molecule is CC1(O)CCCN(C(N)=NC(C)(C)C)CC1. The van der Waals surface area contributed by atoms with Gasteiger partial charge in [0.1, 0.15) is 0 Å². The van der Waals surface area contributed by atoms with E-state index in [1.807, 2.05) is 27.7 Å². The smallest absolute Gasteiger partial charge is 0.191 e. The second-order valence-corrected chi connectivity index (χ2v) is 5.98. The van der Waals surface area contributed by atoms with Crippen LogP contribution >= 0.6 is 0 Å². The van der Waals surface area contributed by atoms with Crippen molar-refractivity contribution in [3.05, 3.63) is 0 Å². The summed E-state index contributed by atoms with van der Waals surface area (Å²) in [7, 11) is 0. The minimum absolute atomic E-state index is 0.140. The average Bonchev–Trinajstić information content (AvgIpc) is 2.23. The predicted octanol–water partition coefficient (Wildman–Crippen LogP) is 1.34. The third-order valence-corrected chi connectivity index (χ3v) is 2.84. The molecule has 1 unspecified atom stereocenters. The van der Waals surface area contributed by atoms with Crippen molar-refractivity contribution < 1.29 is 5.11 Å². The summed E-state index contributed by atoms with van der Waals surface area (Å²) < 4.78 is 0. The number of guanidine groups is 1. The van der Waals surface area contributed by atoms with Crippen molar-refractivity contribution in [2.24, 2.45) is 10.7 Å². The van der Waals surface area contributed by atoms with Gasteiger partial charge in [-0.2, -0.15) is 0 Å². The molecule has 0 aromatic heterocycles. The van der Waals surface area contributed by atoms with Crippen molar-refractivity contribution in [2.75, 3.05) is 13.1 Å². The first-order chi connectivity index (χ1) is 7.20. The molecule has 1 aliphatic heterocycles. The Morgan fingerprint density at radius 1 is 1.31 bits per heavy atom. The Hall–Kier alpha value is -0.770. The minimum atomic E-state index is -0.545. The number of likely N-dealkylation sites (tertiary alicyclic amines) is 1. The Morgan fingerprint density at radius 2 is 1.94 bits per heavy atom. The van der Waals surface area contributed by atoms with Crippen molar-refractivity contribution in [3.8, 4) is 0 Å². The molecule has 0 amide bonds. The molecule has 1 heterocycles. The van der Waals surface area contributed by atoms with Gasteiger partial charge in [0, 0.05) is 13.1 Å². The van der Waals surface area contributed by atoms with E-state index in [4.69, 9.17) is 5.73 Å². The normalized spacial score (nSPS) is 29.1. The quantitative estimate of drug-likeness (QED) is 0.485. The van der Waals surface area contributed by atoms with E-state index in [2.05, 4.69) is 9.89 Å². The molecule has 0 aliphatic carbocycles. The van der Waals surface area contributed by atoms with Gasteiger partial charge in [0.15, 0.2) is 5.96 Å². The highest BCUT2D eigenvalue weighted by molar-refractivity contribution is 5.78. The first-order valence-electron chi connectivity index (χ1n) is 6.02. The van der Waals surface area contributed by atoms with Gasteiger partial charge in [-0.1, -0.05) is 0 Å². The maximum atomic E-state index is 9.98. The fraction of sp³-hybridized carbons (Fsp3) is 0.917. The highest BCUT2D eigenvalue weighted by Gasteiger charge is 2.26. The van der Waals surface area contributed by atoms with Gasteiger partial charge >= 0.3 is 0 Å². The maximum Gasteiger partial charge on any atom is 0.191 e. The molecule has 4 nitrogen and oxygen atoms in total. The summed E-state index contributed by atoms with van der Waals surface area (Å²) in [6, 6.07) is 0. The third kappa shape index (κ3) is 4.39. The molecule has 0 saturated carbocycles. The van der Waals surface area contributed by atoms with E-state index in [-0.39, 0.29) is 5.54 Å². The zero-order valence-electron chi connectivity index (χ0n) is 11.0. The van der Waals surface area contributed by atoms with Crippen LogP contribution in [0, 0.1) is 0 Å². The Balaban J connectivity index is 2.65. The molecule has 16 heavy (non-hydrogen) atoms. The number of nitrogens with zero attached hydrogens (tertiary/aromatic N) is 2. The molecular weight excluding hydrogens is 202 g/mol. The summed E-state index contributed by atoms with van der Waals surface area (Å²) >= 11 is 0. The van der Waals surface area contributed by atoms with Gasteiger partial charge in [-0.15, -0.1) is 0 Å². The van der Waals surface area contributed by atoms with Crippen molar-refractivity contribution in [1.29, 1.82) is 0 Å². The summed E-state index contributed by atoms with van der Waals surface area (Å²) in [4.78, 5) is 6.54. The van der Waals surface area contributed by atoms with Gasteiger partial charge in [-0.3, -0.25) is 0 Å². The van der Waals surface area contributed by atoms with E-state index >= 15 is 0 Å². The number of nitrogens with two attached hydrogens (primary N) is 1. The number of hydrogen-bond acceptors (Lipinski definition) is 2. The lowest BCUT2D eigenvalue weighted by atomic mass is 9.98. The van der Waals surface area contributed by atoms with Crippen LogP contribution in [0.2, 0.25) is 0 Å². The van der Waals surface area contributed by atoms with Gasteiger partial charge in [0.25, 0.3) is 0 Å². The van der Waals surface area contributed by atoms with Crippen LogP contribution in [0.25, 0.3) is 0 Å². The molecule has 1 fully saturated rings. The van der Waals surface area contributed by atoms with Crippen LogP contribution in [0.1, 0.15) is 47.0 Å². The summed E-state index contributed by atoms with van der Waals surface area (Å²) in [5.41, 5.74) is 5.30. The monoisotopic (exact) mass is 227 g/mol. The fourth-order valence-corrected chi connectivity index (χ4v) is 1.91. The van der Waals surface area contributed by atoms with E-state index in [9.17, 15) is 5.11 Å². The molecule has 3 N–H and O–H groups in total. The van der Waals surface area contributed by atoms with Gasteiger partial charge in [0.05, 0.1) is 11.1 Å². The minimum Gasteiger partial charge on any atom is -0.390 e. The van der Waals surface area contributed by atoms with Crippen LogP contribution in [0.15, 0.2) is 4.99 Å². The zero-order valence-corrected chi connectivity index (χ0v) is 11.0. The lowest BCUT2D eigenvalue weighted by Gasteiger charge is -2.25. The van der Waals surface area contributed by atoms with E-state index in [0.29, 0.717) is 5.96 Å². The molecule has 1 aliphatic rings. The van der Waals surface area contributed by atoms with Crippen LogP contribution in [0.4, 0.5) is 0 Å². The Morgan fingerprint density at radius 3 is 2.50 bits per heavy atom. The standard InChI is InChI=1S/C12H25N3O/c1-11(2,3)14-10(13)15-8-5-6-12(4,16)7-9-15/h16H,5-9H2,1-4H3,(H2,13,14). The van der Waals surface area contributed by atoms with Crippen molar-refractivity contribution in [3.63, 3.8) is 0 Å². The van der Waals surface area contributed by atoms with Crippen LogP contribution < -0.4 is 5.73 Å². The summed E-state index contributed by atoms with van der Waals surface area (Å²) in [5, 5.41) is 9.98. The molecule has 0 aromatic rings. The van der Waals surface area contributed by atoms with Gasteiger partial charge in [0.2, 0.25) is 0 Å². The molecule has 94 valence electrons. The summed E-state index contributed by atoms with van der Waals surface area (Å²) in [6.07, 6.45) is 2.56. The van der Waals surface area contributed by atoms with Crippen molar-refractivity contribution in [1.82, 2.24) is 4.90 Å². The van der Waals surface area contributed by atoms with E-state index in [1.165, 1.54) is 0 Å². The topological polar surface area (TPSA) is 61.8 Å². The molecule has 0 bridgehead atoms. The second kappa shape index (κ2) is 4.62. The number of hydrogen-bond donors (Lipinski definition) is 2. The first kappa shape index (κ1) is 13.3. The van der Waals surface area contributed by atoms with Crippen LogP contribution in [-0.2, 0) is 0 Å². The van der Waals surface area contributed by atoms with Crippen LogP contribution in [0.3, 0.4) is 0 Å². The lowest BCUT2D eigenvalue weighted by molar-refractivity contribution is 0.0462. The van der Waals surface area contributed by atoms with Gasteiger partial charge in [-0.05, 0) is 47.0 Å². The predicted molar refractivity (Wildman–Crippen MR) is 67.4 cm³/mol. The Labute approximate surface area is 98.5 Å². The molecule has 1 atom stereocenters. The van der Waals surface area contributed by atoms with E-state index in [0.717, 1.165) is 32.4 Å². The summed E-state index contributed by atoms with van der Waals surface area (Å²) in [5.74, 6) is 0.602. The largest absolute Gasteiger partial charge is 0.390 e. The highest BCUT2D eigenvalue weighted by Crippen LogP contribution is 2.21. The van der Waals surface area contributed by atoms with Crippen molar-refractivity contribution >= 4 is 5.96 Å². The van der Waals surface area contributed by atoms with Crippen molar-refractivity contribution in [2.45, 2.75) is 58.1 Å². The van der Waals surface area contributed by atoms with E-state index in [1.54, 1.807) is 0 Å². The third-order valence-electron chi connectivity index (χ3n) is 2.84. The maximum absolute atomic E-state index is 9.98. The molecule has 0 radical (unpaired) electrons.